The average molecular weight is 391 g/mol. The predicted molar refractivity (Wildman–Crippen MR) is 114 cm³/mol. The Kier molecular flexibility index (Phi) is 5.21. The number of aromatic nitrogens is 3. The Balaban J connectivity index is 1.65. The second-order valence-electron chi connectivity index (χ2n) is 6.90. The first kappa shape index (κ1) is 18.4. The van der Waals surface area contributed by atoms with E-state index in [0.29, 0.717) is 12.1 Å². The Morgan fingerprint density at radius 3 is 2.75 bits per heavy atom. The molecule has 5 nitrogen and oxygen atoms in total. The Hall–Kier alpha value is -2.99. The van der Waals surface area contributed by atoms with Crippen molar-refractivity contribution in [1.29, 1.82) is 0 Å². The maximum atomic E-state index is 13.2. The van der Waals surface area contributed by atoms with Crippen molar-refractivity contribution in [2.75, 3.05) is 11.4 Å². The molecule has 0 atom stereocenters. The first-order valence-corrected chi connectivity index (χ1v) is 10.1. The van der Waals surface area contributed by atoms with E-state index >= 15 is 0 Å². The number of aryl methyl sites for hydroxylation is 3. The molecule has 2 aromatic heterocycles. The van der Waals surface area contributed by atoms with Crippen molar-refractivity contribution in [2.24, 2.45) is 0 Å². The van der Waals surface area contributed by atoms with Crippen molar-refractivity contribution >= 4 is 32.6 Å². The van der Waals surface area contributed by atoms with Gasteiger partial charge in [-0.05, 0) is 49.6 Å². The first-order valence-electron chi connectivity index (χ1n) is 9.32. The molecule has 0 bridgehead atoms. The zero-order valence-corrected chi connectivity index (χ0v) is 16.8. The van der Waals surface area contributed by atoms with Gasteiger partial charge in [0.2, 0.25) is 0 Å². The van der Waals surface area contributed by atoms with Gasteiger partial charge >= 0.3 is 0 Å². The van der Waals surface area contributed by atoms with Crippen molar-refractivity contribution in [1.82, 2.24) is 14.5 Å². The van der Waals surface area contributed by atoms with Crippen molar-refractivity contribution < 1.29 is 4.79 Å². The number of rotatable bonds is 6. The molecule has 0 aliphatic heterocycles. The number of hydrogen-bond acceptors (Lipinski definition) is 4. The van der Waals surface area contributed by atoms with Gasteiger partial charge in [-0.2, -0.15) is 0 Å². The third-order valence-electron chi connectivity index (χ3n) is 4.66. The fourth-order valence-corrected chi connectivity index (χ4v) is 4.37. The van der Waals surface area contributed by atoms with Gasteiger partial charge in [0.25, 0.3) is 5.91 Å². The second kappa shape index (κ2) is 7.94. The van der Waals surface area contributed by atoms with Crippen LogP contribution in [0.15, 0.2) is 61.2 Å². The molecule has 0 saturated heterocycles. The fourth-order valence-electron chi connectivity index (χ4n) is 3.33. The van der Waals surface area contributed by atoms with Crippen molar-refractivity contribution in [3.63, 3.8) is 0 Å². The monoisotopic (exact) mass is 390 g/mol. The standard InChI is InChI=1S/C22H22N4OS/c1-16-13-17(2)20-19(14-16)24-22(28-20)26(11-6-10-25-12-9-23-15-25)21(27)18-7-4-3-5-8-18/h3-5,7-9,12-15H,6,10-11H2,1-2H3. The van der Waals surface area contributed by atoms with Crippen LogP contribution in [0.5, 0.6) is 0 Å². The van der Waals surface area contributed by atoms with Crippen LogP contribution in [0.25, 0.3) is 10.2 Å². The maximum absolute atomic E-state index is 13.2. The molecule has 28 heavy (non-hydrogen) atoms. The summed E-state index contributed by atoms with van der Waals surface area (Å²) >= 11 is 1.59. The molecular formula is C22H22N4OS. The molecule has 0 spiro atoms. The highest BCUT2D eigenvalue weighted by molar-refractivity contribution is 7.22. The van der Waals surface area contributed by atoms with Gasteiger partial charge in [-0.15, -0.1) is 0 Å². The van der Waals surface area contributed by atoms with Crippen LogP contribution in [-0.2, 0) is 6.54 Å². The zero-order chi connectivity index (χ0) is 19.5. The molecule has 0 saturated carbocycles. The van der Waals surface area contributed by atoms with Gasteiger partial charge < -0.3 is 4.57 Å². The Morgan fingerprint density at radius 2 is 2.00 bits per heavy atom. The predicted octanol–water partition coefficient (Wildman–Crippen LogP) is 4.85. The topological polar surface area (TPSA) is 51.0 Å². The third-order valence-corrected chi connectivity index (χ3v) is 5.89. The Labute approximate surface area is 168 Å². The summed E-state index contributed by atoms with van der Waals surface area (Å²) < 4.78 is 3.16. The lowest BCUT2D eigenvalue weighted by Crippen LogP contribution is -2.32. The average Bonchev–Trinajstić information content (AvgIpc) is 3.35. The van der Waals surface area contributed by atoms with Crippen LogP contribution >= 0.6 is 11.3 Å². The van der Waals surface area contributed by atoms with Crippen LogP contribution in [-0.4, -0.2) is 27.0 Å². The van der Waals surface area contributed by atoms with Gasteiger partial charge in [-0.25, -0.2) is 9.97 Å². The quantitative estimate of drug-likeness (QED) is 0.473. The van der Waals surface area contributed by atoms with Gasteiger partial charge in [0, 0.05) is 31.0 Å². The molecule has 0 N–H and O–H groups in total. The number of fused-ring (bicyclic) bond motifs is 1. The van der Waals surface area contributed by atoms with E-state index < -0.39 is 0 Å². The number of anilines is 1. The fraction of sp³-hybridized carbons (Fsp3) is 0.227. The molecule has 142 valence electrons. The van der Waals surface area contributed by atoms with Crippen LogP contribution in [0.2, 0.25) is 0 Å². The first-order chi connectivity index (χ1) is 13.6. The lowest BCUT2D eigenvalue weighted by molar-refractivity contribution is 0.0986. The summed E-state index contributed by atoms with van der Waals surface area (Å²) in [6.07, 6.45) is 6.33. The van der Waals surface area contributed by atoms with Crippen molar-refractivity contribution in [3.8, 4) is 0 Å². The van der Waals surface area contributed by atoms with Crippen LogP contribution in [0.1, 0.15) is 27.9 Å². The van der Waals surface area contributed by atoms with E-state index in [1.165, 1.54) is 11.1 Å². The molecule has 2 heterocycles. The molecule has 4 aromatic rings. The van der Waals surface area contributed by atoms with Gasteiger partial charge in [-0.1, -0.05) is 35.6 Å². The Morgan fingerprint density at radius 1 is 1.18 bits per heavy atom. The summed E-state index contributed by atoms with van der Waals surface area (Å²) in [5.74, 6) is -0.0142. The number of nitrogens with zero attached hydrogens (tertiary/aromatic N) is 4. The molecule has 6 heteroatoms. The highest BCUT2D eigenvalue weighted by Crippen LogP contribution is 2.33. The number of carbonyl (C=O) groups is 1. The van der Waals surface area contributed by atoms with E-state index in [1.807, 2.05) is 46.0 Å². The third kappa shape index (κ3) is 3.82. The zero-order valence-electron chi connectivity index (χ0n) is 16.0. The van der Waals surface area contributed by atoms with E-state index in [9.17, 15) is 4.79 Å². The lowest BCUT2D eigenvalue weighted by atomic mass is 10.1. The van der Waals surface area contributed by atoms with Crippen LogP contribution in [0.4, 0.5) is 5.13 Å². The maximum Gasteiger partial charge on any atom is 0.260 e. The number of amides is 1. The minimum atomic E-state index is -0.0142. The molecule has 0 fully saturated rings. The number of hydrogen-bond donors (Lipinski definition) is 0. The van der Waals surface area contributed by atoms with Crippen LogP contribution < -0.4 is 4.90 Å². The second-order valence-corrected chi connectivity index (χ2v) is 7.88. The molecule has 0 aliphatic carbocycles. The summed E-state index contributed by atoms with van der Waals surface area (Å²) in [5.41, 5.74) is 4.02. The largest absolute Gasteiger partial charge is 0.337 e. The number of benzene rings is 2. The SMILES string of the molecule is Cc1cc(C)c2sc(N(CCCn3ccnc3)C(=O)c3ccccc3)nc2c1. The number of carbonyl (C=O) groups excluding carboxylic acids is 1. The van der Waals surface area contributed by atoms with E-state index in [0.717, 1.165) is 28.3 Å². The minimum absolute atomic E-state index is 0.0142. The molecule has 2 aromatic carbocycles. The van der Waals surface area contributed by atoms with E-state index in [1.54, 1.807) is 23.9 Å². The molecule has 1 amide bonds. The molecule has 4 rings (SSSR count). The van der Waals surface area contributed by atoms with Gasteiger partial charge in [-0.3, -0.25) is 9.69 Å². The lowest BCUT2D eigenvalue weighted by Gasteiger charge is -2.20. The number of imidazole rings is 1. The van der Waals surface area contributed by atoms with Crippen molar-refractivity contribution in [3.05, 3.63) is 77.9 Å². The smallest absolute Gasteiger partial charge is 0.260 e. The van der Waals surface area contributed by atoms with E-state index in [-0.39, 0.29) is 5.91 Å². The summed E-state index contributed by atoms with van der Waals surface area (Å²) in [4.78, 5) is 23.9. The van der Waals surface area contributed by atoms with Crippen molar-refractivity contribution in [2.45, 2.75) is 26.8 Å². The summed E-state index contributed by atoms with van der Waals surface area (Å²) in [7, 11) is 0. The number of thiazole rings is 1. The summed E-state index contributed by atoms with van der Waals surface area (Å²) in [5, 5.41) is 0.753. The van der Waals surface area contributed by atoms with Crippen LogP contribution in [0.3, 0.4) is 0 Å². The molecule has 0 unspecified atom stereocenters. The van der Waals surface area contributed by atoms with E-state index in [2.05, 4.69) is 31.0 Å². The normalized spacial score (nSPS) is 11.1. The van der Waals surface area contributed by atoms with Gasteiger partial charge in [0.1, 0.15) is 0 Å². The van der Waals surface area contributed by atoms with Gasteiger partial charge in [0.05, 0.1) is 16.5 Å². The van der Waals surface area contributed by atoms with Crippen LogP contribution in [0, 0.1) is 13.8 Å². The highest BCUT2D eigenvalue weighted by Gasteiger charge is 2.21. The van der Waals surface area contributed by atoms with E-state index in [4.69, 9.17) is 4.98 Å². The Bertz CT molecular complexity index is 1090. The molecule has 0 radical (unpaired) electrons. The summed E-state index contributed by atoms with van der Waals surface area (Å²) in [6.45, 7) is 5.58. The van der Waals surface area contributed by atoms with Gasteiger partial charge in [0.15, 0.2) is 5.13 Å². The molecule has 0 aliphatic rings. The highest BCUT2D eigenvalue weighted by atomic mass is 32.1. The summed E-state index contributed by atoms with van der Waals surface area (Å²) in [6, 6.07) is 13.7. The minimum Gasteiger partial charge on any atom is -0.337 e. The molecular weight excluding hydrogens is 368 g/mol.